The van der Waals surface area contributed by atoms with Crippen molar-refractivity contribution in [2.45, 2.75) is 57.8 Å². The number of aliphatic hydroxyl groups excluding tert-OH is 1. The van der Waals surface area contributed by atoms with E-state index in [9.17, 15) is 0 Å². The van der Waals surface area contributed by atoms with Gasteiger partial charge in [-0.3, -0.25) is 0 Å². The third-order valence-electron chi connectivity index (χ3n) is 4.71. The molecule has 0 radical (unpaired) electrons. The molecule has 16 heavy (non-hydrogen) atoms. The van der Waals surface area contributed by atoms with Crippen molar-refractivity contribution >= 4 is 0 Å². The van der Waals surface area contributed by atoms with E-state index in [0.29, 0.717) is 6.61 Å². The van der Waals surface area contributed by atoms with Crippen molar-refractivity contribution in [1.82, 2.24) is 4.90 Å². The van der Waals surface area contributed by atoms with Gasteiger partial charge >= 0.3 is 0 Å². The number of nitrogens with zero attached hydrogens (tertiary/aromatic N) is 1. The molecule has 2 fully saturated rings. The van der Waals surface area contributed by atoms with Crippen LogP contribution in [0.4, 0.5) is 0 Å². The maximum absolute atomic E-state index is 8.78. The van der Waals surface area contributed by atoms with E-state index in [4.69, 9.17) is 5.11 Å². The van der Waals surface area contributed by atoms with Crippen LogP contribution in [0.25, 0.3) is 0 Å². The minimum Gasteiger partial charge on any atom is -0.396 e. The lowest BCUT2D eigenvalue weighted by Gasteiger charge is -2.44. The molecular weight excluding hydrogens is 198 g/mol. The van der Waals surface area contributed by atoms with Crippen LogP contribution < -0.4 is 0 Å². The van der Waals surface area contributed by atoms with E-state index in [1.165, 1.54) is 71.0 Å². The predicted octanol–water partition coefficient (Wildman–Crippen LogP) is 2.81. The van der Waals surface area contributed by atoms with Gasteiger partial charge in [-0.25, -0.2) is 0 Å². The van der Waals surface area contributed by atoms with Gasteiger partial charge in [0.15, 0.2) is 0 Å². The van der Waals surface area contributed by atoms with Gasteiger partial charge in [-0.15, -0.1) is 0 Å². The lowest BCUT2D eigenvalue weighted by molar-refractivity contribution is 0.0663. The fraction of sp³-hybridized carbons (Fsp3) is 1.00. The van der Waals surface area contributed by atoms with Crippen LogP contribution in [-0.2, 0) is 0 Å². The van der Waals surface area contributed by atoms with Gasteiger partial charge < -0.3 is 10.0 Å². The zero-order chi connectivity index (χ0) is 11.3. The van der Waals surface area contributed by atoms with E-state index >= 15 is 0 Å². The summed E-state index contributed by atoms with van der Waals surface area (Å²) >= 11 is 0. The monoisotopic (exact) mass is 225 g/mol. The molecule has 0 unspecified atom stereocenters. The molecule has 1 saturated carbocycles. The number of likely N-dealkylation sites (tertiary alicyclic amines) is 1. The SMILES string of the molecule is OCCCCN1CCC2(CCCCC2)CC1. The fourth-order valence-corrected chi connectivity index (χ4v) is 3.50. The Balaban J connectivity index is 1.69. The first-order valence-corrected chi connectivity index (χ1v) is 7.18. The van der Waals surface area contributed by atoms with Gasteiger partial charge in [-0.05, 0) is 63.6 Å². The van der Waals surface area contributed by atoms with Gasteiger partial charge in [-0.2, -0.15) is 0 Å². The Hall–Kier alpha value is -0.0800. The highest BCUT2D eigenvalue weighted by molar-refractivity contribution is 4.88. The summed E-state index contributed by atoms with van der Waals surface area (Å²) in [5.74, 6) is 0. The lowest BCUT2D eigenvalue weighted by atomic mass is 9.68. The normalized spacial score (nSPS) is 26.1. The second-order valence-electron chi connectivity index (χ2n) is 5.83. The third kappa shape index (κ3) is 3.21. The molecule has 0 amide bonds. The molecule has 0 atom stereocenters. The van der Waals surface area contributed by atoms with Crippen molar-refractivity contribution < 1.29 is 5.11 Å². The Bertz CT molecular complexity index is 189. The highest BCUT2D eigenvalue weighted by Crippen LogP contribution is 2.44. The summed E-state index contributed by atoms with van der Waals surface area (Å²) in [5, 5.41) is 8.78. The molecule has 2 heteroatoms. The Morgan fingerprint density at radius 2 is 1.56 bits per heavy atom. The van der Waals surface area contributed by atoms with Crippen molar-refractivity contribution in [2.24, 2.45) is 5.41 Å². The minimum absolute atomic E-state index is 0.359. The number of piperidine rings is 1. The maximum atomic E-state index is 8.78. The first-order chi connectivity index (χ1) is 7.85. The highest BCUT2D eigenvalue weighted by Gasteiger charge is 2.34. The van der Waals surface area contributed by atoms with Crippen LogP contribution >= 0.6 is 0 Å². The molecular formula is C14H27NO. The van der Waals surface area contributed by atoms with E-state index in [2.05, 4.69) is 4.90 Å². The molecule has 1 spiro atoms. The van der Waals surface area contributed by atoms with Gasteiger partial charge in [0.25, 0.3) is 0 Å². The Morgan fingerprint density at radius 3 is 2.19 bits per heavy atom. The smallest absolute Gasteiger partial charge is 0.0431 e. The summed E-state index contributed by atoms with van der Waals surface area (Å²) in [6.07, 6.45) is 12.4. The van der Waals surface area contributed by atoms with Crippen molar-refractivity contribution in [3.8, 4) is 0 Å². The molecule has 1 aliphatic heterocycles. The predicted molar refractivity (Wildman–Crippen MR) is 67.5 cm³/mol. The van der Waals surface area contributed by atoms with Gasteiger partial charge in [0.05, 0.1) is 0 Å². The lowest BCUT2D eigenvalue weighted by Crippen LogP contribution is -2.41. The summed E-state index contributed by atoms with van der Waals surface area (Å²) < 4.78 is 0. The van der Waals surface area contributed by atoms with Crippen molar-refractivity contribution in [2.75, 3.05) is 26.2 Å². The average Bonchev–Trinajstić information content (AvgIpc) is 2.33. The Morgan fingerprint density at radius 1 is 0.875 bits per heavy atom. The standard InChI is InChI=1S/C14H27NO/c16-13-5-4-10-15-11-8-14(9-12-15)6-2-1-3-7-14/h16H,1-13H2. The molecule has 0 bridgehead atoms. The topological polar surface area (TPSA) is 23.5 Å². The molecule has 94 valence electrons. The first kappa shape index (κ1) is 12.4. The second kappa shape index (κ2) is 6.02. The van der Waals surface area contributed by atoms with Gasteiger partial charge in [0.2, 0.25) is 0 Å². The van der Waals surface area contributed by atoms with E-state index < -0.39 is 0 Å². The minimum atomic E-state index is 0.359. The largest absolute Gasteiger partial charge is 0.396 e. The molecule has 2 nitrogen and oxygen atoms in total. The van der Waals surface area contributed by atoms with Crippen LogP contribution in [-0.4, -0.2) is 36.2 Å². The molecule has 0 aromatic carbocycles. The molecule has 1 heterocycles. The number of hydrogen-bond donors (Lipinski definition) is 1. The first-order valence-electron chi connectivity index (χ1n) is 7.18. The quantitative estimate of drug-likeness (QED) is 0.744. The van der Waals surface area contributed by atoms with Crippen LogP contribution in [0.3, 0.4) is 0 Å². The summed E-state index contributed by atoms with van der Waals surface area (Å²) in [6.45, 7) is 4.19. The average molecular weight is 225 g/mol. The number of aliphatic hydroxyl groups is 1. The van der Waals surface area contributed by atoms with E-state index in [-0.39, 0.29) is 0 Å². The van der Waals surface area contributed by atoms with Crippen LogP contribution in [0, 0.1) is 5.41 Å². The molecule has 2 rings (SSSR count). The summed E-state index contributed by atoms with van der Waals surface area (Å²) in [7, 11) is 0. The van der Waals surface area contributed by atoms with Crippen molar-refractivity contribution in [1.29, 1.82) is 0 Å². The Labute approximate surface area is 100 Å². The zero-order valence-electron chi connectivity index (χ0n) is 10.6. The van der Waals surface area contributed by atoms with Gasteiger partial charge in [-0.1, -0.05) is 19.3 Å². The van der Waals surface area contributed by atoms with Crippen molar-refractivity contribution in [3.63, 3.8) is 0 Å². The van der Waals surface area contributed by atoms with Crippen LogP contribution in [0.15, 0.2) is 0 Å². The van der Waals surface area contributed by atoms with Crippen molar-refractivity contribution in [3.05, 3.63) is 0 Å². The number of unbranched alkanes of at least 4 members (excludes halogenated alkanes) is 1. The summed E-state index contributed by atoms with van der Waals surface area (Å²) in [4.78, 5) is 2.61. The van der Waals surface area contributed by atoms with E-state index in [1.807, 2.05) is 0 Å². The molecule has 1 aliphatic carbocycles. The van der Waals surface area contributed by atoms with E-state index in [1.54, 1.807) is 0 Å². The third-order valence-corrected chi connectivity index (χ3v) is 4.71. The highest BCUT2D eigenvalue weighted by atomic mass is 16.2. The molecule has 0 aromatic rings. The van der Waals surface area contributed by atoms with E-state index in [0.717, 1.165) is 11.8 Å². The van der Waals surface area contributed by atoms with Gasteiger partial charge in [0.1, 0.15) is 0 Å². The number of rotatable bonds is 4. The van der Waals surface area contributed by atoms with Crippen LogP contribution in [0.2, 0.25) is 0 Å². The maximum Gasteiger partial charge on any atom is 0.0431 e. The number of hydrogen-bond acceptors (Lipinski definition) is 2. The molecule has 1 N–H and O–H groups in total. The second-order valence-corrected chi connectivity index (χ2v) is 5.83. The Kier molecular flexibility index (Phi) is 4.66. The molecule has 1 saturated heterocycles. The van der Waals surface area contributed by atoms with Crippen LogP contribution in [0.1, 0.15) is 57.8 Å². The summed E-state index contributed by atoms with van der Waals surface area (Å²) in [6, 6.07) is 0. The summed E-state index contributed by atoms with van der Waals surface area (Å²) in [5.41, 5.74) is 0.742. The van der Waals surface area contributed by atoms with Gasteiger partial charge in [0, 0.05) is 6.61 Å². The molecule has 0 aromatic heterocycles. The fourth-order valence-electron chi connectivity index (χ4n) is 3.50. The van der Waals surface area contributed by atoms with Crippen LogP contribution in [0.5, 0.6) is 0 Å². The molecule has 2 aliphatic rings. The zero-order valence-corrected chi connectivity index (χ0v) is 10.6.